The number of thiocarbonyl (C=S) groups is 1. The Morgan fingerprint density at radius 1 is 1.00 bits per heavy atom. The van der Waals surface area contributed by atoms with Gasteiger partial charge >= 0.3 is 11.9 Å². The van der Waals surface area contributed by atoms with Crippen LogP contribution in [0.4, 0.5) is 5.69 Å². The van der Waals surface area contributed by atoms with Crippen molar-refractivity contribution >= 4 is 41.1 Å². The van der Waals surface area contributed by atoms with E-state index < -0.39 is 11.9 Å². The molecule has 39 heavy (non-hydrogen) atoms. The lowest BCUT2D eigenvalue weighted by atomic mass is 10.0. The smallest absolute Gasteiger partial charge is 0.317 e. The maximum absolute atomic E-state index is 11.9. The quantitative estimate of drug-likeness (QED) is 0.311. The first-order valence-corrected chi connectivity index (χ1v) is 13.5. The highest BCUT2D eigenvalue weighted by Gasteiger charge is 2.26. The van der Waals surface area contributed by atoms with Crippen LogP contribution >= 0.6 is 12.2 Å². The summed E-state index contributed by atoms with van der Waals surface area (Å²) in [6, 6.07) is 13.1. The normalized spacial score (nSPS) is 17.1. The minimum absolute atomic E-state index is 0.142. The molecule has 0 aliphatic carbocycles. The van der Waals surface area contributed by atoms with Crippen LogP contribution in [0.5, 0.6) is 0 Å². The summed E-state index contributed by atoms with van der Waals surface area (Å²) in [6.07, 6.45) is 1.38. The van der Waals surface area contributed by atoms with Gasteiger partial charge in [0.2, 0.25) is 0 Å². The molecular weight excluding hydrogens is 518 g/mol. The number of hydrogen-bond donors (Lipinski definition) is 3. The summed E-state index contributed by atoms with van der Waals surface area (Å²) >= 11 is 5.11. The van der Waals surface area contributed by atoms with E-state index in [1.807, 2.05) is 66.1 Å². The molecule has 212 valence electrons. The predicted octanol–water partition coefficient (Wildman–Crippen LogP) is 2.77. The Kier molecular flexibility index (Phi) is 13.7. The third-order valence-corrected chi connectivity index (χ3v) is 6.21. The summed E-state index contributed by atoms with van der Waals surface area (Å²) in [5.74, 6) is -1.88. The molecule has 2 aromatic rings. The number of nitrogens with one attached hydrogen (secondary N) is 1. The number of pyridine rings is 1. The van der Waals surface area contributed by atoms with Gasteiger partial charge in [0.15, 0.2) is 0 Å². The van der Waals surface area contributed by atoms with Gasteiger partial charge in [-0.25, -0.2) is 0 Å². The third kappa shape index (κ3) is 11.6. The largest absolute Gasteiger partial charge is 0.480 e. The van der Waals surface area contributed by atoms with Gasteiger partial charge in [-0.2, -0.15) is 0 Å². The average Bonchev–Trinajstić information content (AvgIpc) is 2.87. The van der Waals surface area contributed by atoms with E-state index in [1.165, 1.54) is 0 Å². The monoisotopic (exact) mass is 557 g/mol. The zero-order valence-corrected chi connectivity index (χ0v) is 23.7. The van der Waals surface area contributed by atoms with Gasteiger partial charge in [-0.1, -0.05) is 44.3 Å². The molecule has 0 radical (unpaired) electrons. The molecule has 1 aromatic carbocycles. The van der Waals surface area contributed by atoms with Crippen LogP contribution in [-0.2, 0) is 33.9 Å². The van der Waals surface area contributed by atoms with Crippen molar-refractivity contribution in [3.05, 3.63) is 59.4 Å². The van der Waals surface area contributed by atoms with Crippen LogP contribution in [-0.4, -0.2) is 98.4 Å². The SMILES string of the molecule is CC.CC(=S)Nc1ccc(CC2CN(CC=O)CCN(CC(=O)O)Cc3cccc(n3)CN2CC(=O)O)cc1. The molecule has 3 N–H and O–H groups in total. The van der Waals surface area contributed by atoms with E-state index in [0.29, 0.717) is 55.5 Å². The Morgan fingerprint density at radius 3 is 2.21 bits per heavy atom. The van der Waals surface area contributed by atoms with E-state index in [2.05, 4.69) is 5.32 Å². The van der Waals surface area contributed by atoms with E-state index in [1.54, 1.807) is 11.8 Å². The van der Waals surface area contributed by atoms with Gasteiger partial charge in [-0.05, 0) is 43.2 Å². The first-order chi connectivity index (χ1) is 18.7. The number of hydrogen-bond acceptors (Lipinski definition) is 8. The van der Waals surface area contributed by atoms with Crippen LogP contribution in [0.15, 0.2) is 42.5 Å². The highest BCUT2D eigenvalue weighted by atomic mass is 32.1. The Labute approximate surface area is 235 Å². The van der Waals surface area contributed by atoms with Crippen molar-refractivity contribution in [3.8, 4) is 0 Å². The van der Waals surface area contributed by atoms with Crippen LogP contribution in [0.25, 0.3) is 0 Å². The second-order valence-corrected chi connectivity index (χ2v) is 9.80. The van der Waals surface area contributed by atoms with E-state index in [0.717, 1.165) is 17.5 Å². The number of carboxylic acids is 2. The first kappa shape index (κ1) is 32.0. The zero-order chi connectivity index (χ0) is 28.8. The predicted molar refractivity (Wildman–Crippen MR) is 155 cm³/mol. The number of rotatable bonds is 9. The summed E-state index contributed by atoms with van der Waals surface area (Å²) < 4.78 is 0. The minimum atomic E-state index is -0.946. The number of carbonyl (C=O) groups is 3. The van der Waals surface area contributed by atoms with Gasteiger partial charge in [-0.15, -0.1) is 0 Å². The molecule has 0 spiro atoms. The van der Waals surface area contributed by atoms with E-state index in [-0.39, 0.29) is 25.7 Å². The van der Waals surface area contributed by atoms with Crippen molar-refractivity contribution in [1.82, 2.24) is 19.7 Å². The highest BCUT2D eigenvalue weighted by Crippen LogP contribution is 2.18. The van der Waals surface area contributed by atoms with Crippen molar-refractivity contribution in [2.24, 2.45) is 0 Å². The molecule has 2 bridgehead atoms. The fourth-order valence-corrected chi connectivity index (χ4v) is 4.61. The fraction of sp³-hybridized carbons (Fsp3) is 0.464. The number of carbonyl (C=O) groups excluding carboxylic acids is 1. The summed E-state index contributed by atoms with van der Waals surface area (Å²) in [7, 11) is 0. The van der Waals surface area contributed by atoms with E-state index in [9.17, 15) is 24.6 Å². The summed E-state index contributed by atoms with van der Waals surface area (Å²) in [5.41, 5.74) is 3.31. The van der Waals surface area contributed by atoms with Gasteiger partial charge in [0.05, 0.1) is 36.0 Å². The third-order valence-electron chi connectivity index (χ3n) is 6.11. The Balaban J connectivity index is 0.00000260. The lowest BCUT2D eigenvalue weighted by molar-refractivity contribution is -0.139. The van der Waals surface area contributed by atoms with Crippen molar-refractivity contribution in [2.45, 2.75) is 46.3 Å². The van der Waals surface area contributed by atoms with E-state index in [4.69, 9.17) is 17.2 Å². The van der Waals surface area contributed by atoms with Crippen molar-refractivity contribution < 1.29 is 24.6 Å². The Bertz CT molecular complexity index is 1100. The average molecular weight is 558 g/mol. The van der Waals surface area contributed by atoms with Crippen LogP contribution in [0, 0.1) is 0 Å². The lowest BCUT2D eigenvalue weighted by Gasteiger charge is -2.35. The van der Waals surface area contributed by atoms with Gasteiger partial charge in [0.1, 0.15) is 6.29 Å². The van der Waals surface area contributed by atoms with Crippen molar-refractivity contribution in [2.75, 3.05) is 44.6 Å². The number of aromatic nitrogens is 1. The van der Waals surface area contributed by atoms with Gasteiger partial charge < -0.3 is 20.3 Å². The Morgan fingerprint density at radius 2 is 1.62 bits per heavy atom. The summed E-state index contributed by atoms with van der Waals surface area (Å²) in [4.78, 5) is 45.8. The lowest BCUT2D eigenvalue weighted by Crippen LogP contribution is -2.49. The molecule has 2 heterocycles. The number of aldehydes is 1. The molecule has 0 saturated heterocycles. The van der Waals surface area contributed by atoms with Gasteiger partial charge in [0.25, 0.3) is 0 Å². The summed E-state index contributed by atoms with van der Waals surface area (Å²) in [5, 5.41) is 22.2. The number of benzene rings is 1. The molecule has 0 saturated carbocycles. The second kappa shape index (κ2) is 16.7. The van der Waals surface area contributed by atoms with Crippen LogP contribution in [0.3, 0.4) is 0 Å². The Hall–Kier alpha value is -3.25. The maximum Gasteiger partial charge on any atom is 0.317 e. The standard InChI is InChI=1S/C26H33N5O5S.C2H6/c1-19(37)27-21-7-5-20(6-8-21)13-24-16-29(11-12-32)9-10-30(17-25(33)34)14-22-3-2-4-23(28-22)15-31(24)18-26(35)36;1-2/h2-8,12,24H,9-11,13-18H2,1H3,(H,27,37)(H,33,34)(H,35,36);1-2H3. The van der Waals surface area contributed by atoms with E-state index >= 15 is 0 Å². The minimum Gasteiger partial charge on any atom is -0.480 e. The van der Waals surface area contributed by atoms with Crippen LogP contribution in [0.2, 0.25) is 0 Å². The van der Waals surface area contributed by atoms with Gasteiger partial charge in [0, 0.05) is 44.5 Å². The molecular formula is C28H39N5O5S. The molecule has 3 rings (SSSR count). The summed E-state index contributed by atoms with van der Waals surface area (Å²) in [6.45, 7) is 7.62. The topological polar surface area (TPSA) is 126 Å². The molecule has 1 aromatic heterocycles. The highest BCUT2D eigenvalue weighted by molar-refractivity contribution is 7.80. The molecule has 1 aliphatic heterocycles. The molecule has 0 fully saturated rings. The van der Waals surface area contributed by atoms with Crippen LogP contribution < -0.4 is 5.32 Å². The van der Waals surface area contributed by atoms with Crippen molar-refractivity contribution in [3.63, 3.8) is 0 Å². The number of aliphatic carboxylic acids is 2. The zero-order valence-electron chi connectivity index (χ0n) is 22.9. The molecule has 10 nitrogen and oxygen atoms in total. The number of fused-ring (bicyclic) bond motifs is 2. The van der Waals surface area contributed by atoms with Gasteiger partial charge in [-0.3, -0.25) is 29.3 Å². The number of anilines is 1. The number of nitrogens with zero attached hydrogens (tertiary/aromatic N) is 4. The first-order valence-electron chi connectivity index (χ1n) is 13.1. The fourth-order valence-electron chi connectivity index (χ4n) is 4.49. The second-order valence-electron chi connectivity index (χ2n) is 9.19. The van der Waals surface area contributed by atoms with Crippen molar-refractivity contribution in [1.29, 1.82) is 0 Å². The molecule has 1 unspecified atom stereocenters. The molecule has 1 atom stereocenters. The molecule has 1 aliphatic rings. The molecule has 11 heteroatoms. The maximum atomic E-state index is 11.9. The number of carboxylic acid groups (broad SMARTS) is 2. The van der Waals surface area contributed by atoms with Crippen LogP contribution in [0.1, 0.15) is 37.7 Å². The molecule has 0 amide bonds.